The van der Waals surface area contributed by atoms with Gasteiger partial charge in [-0.2, -0.15) is 0 Å². The molecule has 0 heterocycles. The van der Waals surface area contributed by atoms with Gasteiger partial charge in [0.15, 0.2) is 5.78 Å². The van der Waals surface area contributed by atoms with Gasteiger partial charge in [-0.25, -0.2) is 0 Å². The van der Waals surface area contributed by atoms with Crippen molar-refractivity contribution in [3.63, 3.8) is 0 Å². The fourth-order valence-electron chi connectivity index (χ4n) is 1.48. The third kappa shape index (κ3) is 3.45. The Kier molecular flexibility index (Phi) is 5.46. The summed E-state index contributed by atoms with van der Waals surface area (Å²) in [6, 6.07) is 1.45. The van der Waals surface area contributed by atoms with Crippen molar-refractivity contribution in [1.82, 2.24) is 0 Å². The fraction of sp³-hybridized carbons (Fsp3) is 0.417. The highest BCUT2D eigenvalue weighted by molar-refractivity contribution is 9.11. The second-order valence-electron chi connectivity index (χ2n) is 3.80. The van der Waals surface area contributed by atoms with E-state index in [0.717, 1.165) is 19.3 Å². The molecule has 17 heavy (non-hydrogen) atoms. The molecule has 0 aliphatic rings. The third-order valence-electron chi connectivity index (χ3n) is 2.48. The van der Waals surface area contributed by atoms with Crippen molar-refractivity contribution in [2.75, 3.05) is 0 Å². The van der Waals surface area contributed by atoms with Gasteiger partial charge in [-0.15, -0.1) is 0 Å². The largest absolute Gasteiger partial charge is 0.506 e. The highest BCUT2D eigenvalue weighted by atomic mass is 79.9. The van der Waals surface area contributed by atoms with Gasteiger partial charge in [0.05, 0.1) is 10.0 Å². The summed E-state index contributed by atoms with van der Waals surface area (Å²) in [7, 11) is 0. The molecule has 0 unspecified atom stereocenters. The summed E-state index contributed by atoms with van der Waals surface area (Å²) >= 11 is 6.19. The normalized spacial score (nSPS) is 10.5. The number of aromatic hydroxyl groups is 2. The van der Waals surface area contributed by atoms with Crippen molar-refractivity contribution < 1.29 is 15.0 Å². The summed E-state index contributed by atoms with van der Waals surface area (Å²) in [5, 5.41) is 19.3. The molecule has 0 saturated carbocycles. The maximum Gasteiger partial charge on any atom is 0.166 e. The van der Waals surface area contributed by atoms with Crippen LogP contribution in [0.3, 0.4) is 0 Å². The Morgan fingerprint density at radius 3 is 2.47 bits per heavy atom. The number of unbranched alkanes of at least 4 members (excludes halogenated alkanes) is 2. The number of carbonyl (C=O) groups excluding carboxylic acids is 1. The molecule has 2 N–H and O–H groups in total. The van der Waals surface area contributed by atoms with Crippen LogP contribution in [0.15, 0.2) is 15.0 Å². The molecular weight excluding hydrogens is 352 g/mol. The minimum Gasteiger partial charge on any atom is -0.506 e. The van der Waals surface area contributed by atoms with Crippen LogP contribution in [0.5, 0.6) is 11.5 Å². The average Bonchev–Trinajstić information content (AvgIpc) is 2.31. The molecule has 0 spiro atoms. The number of hydrogen-bond acceptors (Lipinski definition) is 3. The van der Waals surface area contributed by atoms with Gasteiger partial charge in [-0.05, 0) is 44.3 Å². The molecule has 0 saturated heterocycles. The molecular formula is C12H14Br2O3. The van der Waals surface area contributed by atoms with Crippen LogP contribution in [0.2, 0.25) is 0 Å². The predicted octanol–water partition coefficient (Wildman–Crippen LogP) is 4.39. The first kappa shape index (κ1) is 14.5. The maximum atomic E-state index is 11.9. The van der Waals surface area contributed by atoms with E-state index in [-0.39, 0.29) is 27.3 Å². The summed E-state index contributed by atoms with van der Waals surface area (Å²) in [6.45, 7) is 2.07. The molecule has 0 atom stereocenters. The number of hydrogen-bond donors (Lipinski definition) is 2. The maximum absolute atomic E-state index is 11.9. The zero-order chi connectivity index (χ0) is 13.0. The van der Waals surface area contributed by atoms with Crippen LogP contribution in [0.4, 0.5) is 0 Å². The second-order valence-corrected chi connectivity index (χ2v) is 5.44. The summed E-state index contributed by atoms with van der Waals surface area (Å²) < 4.78 is 0.534. The highest BCUT2D eigenvalue weighted by Gasteiger charge is 2.18. The first-order chi connectivity index (χ1) is 7.99. The fourth-order valence-corrected chi connectivity index (χ4v) is 2.60. The van der Waals surface area contributed by atoms with E-state index < -0.39 is 0 Å². The molecule has 5 heteroatoms. The second kappa shape index (κ2) is 6.40. The third-order valence-corrected chi connectivity index (χ3v) is 3.83. The summed E-state index contributed by atoms with van der Waals surface area (Å²) in [6.07, 6.45) is 3.26. The van der Waals surface area contributed by atoms with Crippen molar-refractivity contribution in [2.24, 2.45) is 0 Å². The van der Waals surface area contributed by atoms with Crippen LogP contribution < -0.4 is 0 Å². The molecule has 0 aromatic heterocycles. The number of benzene rings is 1. The van der Waals surface area contributed by atoms with E-state index in [1.54, 1.807) is 0 Å². The molecule has 1 aromatic rings. The van der Waals surface area contributed by atoms with Crippen LogP contribution in [-0.4, -0.2) is 16.0 Å². The van der Waals surface area contributed by atoms with E-state index in [4.69, 9.17) is 0 Å². The van der Waals surface area contributed by atoms with Gasteiger partial charge in [-0.3, -0.25) is 4.79 Å². The van der Waals surface area contributed by atoms with E-state index in [9.17, 15) is 15.0 Å². The van der Waals surface area contributed by atoms with Gasteiger partial charge in [0.1, 0.15) is 16.0 Å². The highest BCUT2D eigenvalue weighted by Crippen LogP contribution is 2.41. The number of Topliss-reactive ketones (excluding diaryl/α,β-unsaturated/α-hetero) is 1. The van der Waals surface area contributed by atoms with Crippen molar-refractivity contribution >= 4 is 37.6 Å². The number of carbonyl (C=O) groups is 1. The molecule has 0 amide bonds. The molecule has 1 aromatic carbocycles. The minimum atomic E-state index is -0.202. The molecule has 3 nitrogen and oxygen atoms in total. The number of halogens is 2. The van der Waals surface area contributed by atoms with Gasteiger partial charge in [0, 0.05) is 6.42 Å². The smallest absolute Gasteiger partial charge is 0.166 e. The van der Waals surface area contributed by atoms with Crippen LogP contribution in [0.25, 0.3) is 0 Å². The molecule has 0 radical (unpaired) electrons. The lowest BCUT2D eigenvalue weighted by Crippen LogP contribution is -2.00. The van der Waals surface area contributed by atoms with Gasteiger partial charge in [0.2, 0.25) is 0 Å². The van der Waals surface area contributed by atoms with Crippen molar-refractivity contribution in [3.05, 3.63) is 20.6 Å². The van der Waals surface area contributed by atoms with E-state index in [1.165, 1.54) is 6.07 Å². The average molecular weight is 366 g/mol. The first-order valence-electron chi connectivity index (χ1n) is 5.42. The molecule has 0 fully saturated rings. The van der Waals surface area contributed by atoms with Crippen LogP contribution in [-0.2, 0) is 0 Å². The monoisotopic (exact) mass is 364 g/mol. The number of ketones is 1. The quantitative estimate of drug-likeness (QED) is 0.601. The van der Waals surface area contributed by atoms with Crippen LogP contribution in [0, 0.1) is 0 Å². The zero-order valence-corrected chi connectivity index (χ0v) is 12.6. The molecule has 0 aliphatic heterocycles. The summed E-state index contributed by atoms with van der Waals surface area (Å²) in [5.74, 6) is -0.419. The Labute approximate surface area is 117 Å². The Bertz CT molecular complexity index is 430. The van der Waals surface area contributed by atoms with Crippen molar-refractivity contribution in [3.8, 4) is 11.5 Å². The van der Waals surface area contributed by atoms with E-state index in [1.807, 2.05) is 0 Å². The van der Waals surface area contributed by atoms with Crippen LogP contribution >= 0.6 is 31.9 Å². The molecule has 0 bridgehead atoms. The topological polar surface area (TPSA) is 57.5 Å². The van der Waals surface area contributed by atoms with Gasteiger partial charge in [0.25, 0.3) is 0 Å². The predicted molar refractivity (Wildman–Crippen MR) is 73.6 cm³/mol. The van der Waals surface area contributed by atoms with E-state index >= 15 is 0 Å². The van der Waals surface area contributed by atoms with Gasteiger partial charge in [-0.1, -0.05) is 19.8 Å². The van der Waals surface area contributed by atoms with Crippen LogP contribution in [0.1, 0.15) is 43.0 Å². The summed E-state index contributed by atoms with van der Waals surface area (Å²) in [4.78, 5) is 11.9. The van der Waals surface area contributed by atoms with Gasteiger partial charge >= 0.3 is 0 Å². The summed E-state index contributed by atoms with van der Waals surface area (Å²) in [5.41, 5.74) is 0.234. The Morgan fingerprint density at radius 1 is 1.24 bits per heavy atom. The number of phenolic OH excluding ortho intramolecular Hbond substituents is 2. The molecule has 1 rings (SSSR count). The molecule has 94 valence electrons. The Hall–Kier alpha value is -0.550. The standard InChI is InChI=1S/C12H14Br2O3/c1-2-3-4-5-9(15)7-6-8(13)12(17)10(14)11(7)16/h6,16-17H,2-5H2,1H3. The Balaban J connectivity index is 2.94. The molecule has 0 aliphatic carbocycles. The van der Waals surface area contributed by atoms with Gasteiger partial charge < -0.3 is 10.2 Å². The zero-order valence-electron chi connectivity index (χ0n) is 9.46. The lowest BCUT2D eigenvalue weighted by atomic mass is 10.0. The minimum absolute atomic E-state index is 0.104. The Morgan fingerprint density at radius 2 is 1.88 bits per heavy atom. The number of rotatable bonds is 5. The van der Waals surface area contributed by atoms with Crippen molar-refractivity contribution in [2.45, 2.75) is 32.6 Å². The van der Waals surface area contributed by atoms with E-state index in [2.05, 4.69) is 38.8 Å². The SMILES string of the molecule is CCCCCC(=O)c1cc(Br)c(O)c(Br)c1O. The first-order valence-corrected chi connectivity index (χ1v) is 7.00. The lowest BCUT2D eigenvalue weighted by Gasteiger charge is -2.08. The lowest BCUT2D eigenvalue weighted by molar-refractivity contribution is 0.0976. The van der Waals surface area contributed by atoms with E-state index in [0.29, 0.717) is 10.9 Å². The van der Waals surface area contributed by atoms with Crippen molar-refractivity contribution in [1.29, 1.82) is 0 Å². The number of phenols is 2.